The minimum absolute atomic E-state index is 0.0284. The Labute approximate surface area is 108 Å². The third-order valence-corrected chi connectivity index (χ3v) is 3.20. The largest absolute Gasteiger partial charge is 0.334 e. The number of carbonyl (C=O) groups is 1. The molecule has 1 fully saturated rings. The van der Waals surface area contributed by atoms with Gasteiger partial charge in [-0.05, 0) is 25.3 Å². The fourth-order valence-electron chi connectivity index (χ4n) is 1.59. The fourth-order valence-corrected chi connectivity index (χ4v) is 1.92. The average Bonchev–Trinajstić information content (AvgIpc) is 2.26. The minimum Gasteiger partial charge on any atom is -0.334 e. The lowest BCUT2D eigenvalue weighted by Gasteiger charge is -2.35. The van der Waals surface area contributed by atoms with Crippen LogP contribution < -0.4 is 5.32 Å². The number of amides is 1. The molecule has 7 heteroatoms. The maximum atomic E-state index is 11.9. The van der Waals surface area contributed by atoms with Gasteiger partial charge in [-0.2, -0.15) is 5.26 Å². The van der Waals surface area contributed by atoms with Crippen molar-refractivity contribution in [3.8, 4) is 6.07 Å². The number of aromatic nitrogens is 2. The summed E-state index contributed by atoms with van der Waals surface area (Å²) in [6.07, 6.45) is 2.23. The van der Waals surface area contributed by atoms with Crippen molar-refractivity contribution in [1.82, 2.24) is 15.5 Å². The summed E-state index contributed by atoms with van der Waals surface area (Å²) in [7, 11) is 0. The van der Waals surface area contributed by atoms with Crippen LogP contribution in [0.5, 0.6) is 0 Å². The van der Waals surface area contributed by atoms with Crippen LogP contribution in [0.3, 0.4) is 0 Å². The monoisotopic (exact) mass is 270 g/mol. The smallest absolute Gasteiger partial charge is 0.255 e. The van der Waals surface area contributed by atoms with Crippen molar-refractivity contribution in [2.75, 3.05) is 0 Å². The van der Waals surface area contributed by atoms with E-state index in [0.717, 1.165) is 6.42 Å². The number of nitrogens with zero attached hydrogens (tertiary/aromatic N) is 3. The Morgan fingerprint density at radius 3 is 2.71 bits per heavy atom. The summed E-state index contributed by atoms with van der Waals surface area (Å²) < 4.78 is 0. The van der Waals surface area contributed by atoms with Crippen molar-refractivity contribution in [2.45, 2.75) is 24.8 Å². The lowest BCUT2D eigenvalue weighted by molar-refractivity contribution is 0.0881. The standard InChI is InChI=1S/C10H8Cl2N4O/c11-7-4-6(8(12)16-15-7)9(17)14-10(5-13)2-1-3-10/h4H,1-3H2,(H,14,17). The number of nitrogens with one attached hydrogen (secondary N) is 1. The zero-order valence-corrected chi connectivity index (χ0v) is 10.2. The summed E-state index contributed by atoms with van der Waals surface area (Å²) in [6.45, 7) is 0. The van der Waals surface area contributed by atoms with E-state index in [4.69, 9.17) is 28.5 Å². The molecule has 1 aromatic heterocycles. The van der Waals surface area contributed by atoms with Gasteiger partial charge < -0.3 is 5.32 Å². The molecule has 0 unspecified atom stereocenters. The Hall–Kier alpha value is -1.38. The highest BCUT2D eigenvalue weighted by atomic mass is 35.5. The predicted octanol–water partition coefficient (Wildman–Crippen LogP) is 1.96. The molecular formula is C10H8Cl2N4O. The molecule has 1 aromatic rings. The first-order valence-corrected chi connectivity index (χ1v) is 5.74. The number of nitriles is 1. The van der Waals surface area contributed by atoms with E-state index in [1.54, 1.807) is 0 Å². The molecule has 0 saturated heterocycles. The summed E-state index contributed by atoms with van der Waals surface area (Å²) in [5.74, 6) is -0.451. The van der Waals surface area contributed by atoms with Gasteiger partial charge in [0.25, 0.3) is 5.91 Å². The van der Waals surface area contributed by atoms with E-state index in [1.165, 1.54) is 6.07 Å². The summed E-state index contributed by atoms with van der Waals surface area (Å²) in [5, 5.41) is 18.8. The lowest BCUT2D eigenvalue weighted by atomic mass is 9.78. The number of halogens is 2. The second-order valence-electron chi connectivity index (χ2n) is 3.87. The molecular weight excluding hydrogens is 263 g/mol. The second kappa shape index (κ2) is 4.47. The zero-order valence-electron chi connectivity index (χ0n) is 8.70. The maximum Gasteiger partial charge on any atom is 0.255 e. The third-order valence-electron chi connectivity index (χ3n) is 2.74. The Kier molecular flexibility index (Phi) is 3.18. The van der Waals surface area contributed by atoms with E-state index < -0.39 is 11.4 Å². The van der Waals surface area contributed by atoms with Crippen molar-refractivity contribution >= 4 is 29.1 Å². The van der Waals surface area contributed by atoms with Crippen LogP contribution >= 0.6 is 23.2 Å². The van der Waals surface area contributed by atoms with Crippen LogP contribution in [0.1, 0.15) is 29.6 Å². The van der Waals surface area contributed by atoms with Crippen LogP contribution in [0.25, 0.3) is 0 Å². The molecule has 0 bridgehead atoms. The predicted molar refractivity (Wildman–Crippen MR) is 61.7 cm³/mol. The first-order chi connectivity index (χ1) is 8.06. The van der Waals surface area contributed by atoms with Gasteiger partial charge >= 0.3 is 0 Å². The first kappa shape index (κ1) is 12.1. The van der Waals surface area contributed by atoms with Crippen LogP contribution in [0.15, 0.2) is 6.07 Å². The van der Waals surface area contributed by atoms with Gasteiger partial charge in [-0.3, -0.25) is 4.79 Å². The van der Waals surface area contributed by atoms with Gasteiger partial charge in [0.05, 0.1) is 11.6 Å². The van der Waals surface area contributed by atoms with Crippen molar-refractivity contribution in [1.29, 1.82) is 5.26 Å². The second-order valence-corrected chi connectivity index (χ2v) is 4.62. The van der Waals surface area contributed by atoms with Crippen molar-refractivity contribution in [2.24, 2.45) is 0 Å². The molecule has 0 radical (unpaired) electrons. The van der Waals surface area contributed by atoms with Crippen molar-refractivity contribution < 1.29 is 4.79 Å². The molecule has 2 rings (SSSR count). The molecule has 0 spiro atoms. The maximum absolute atomic E-state index is 11.9. The molecule has 1 aliphatic rings. The van der Waals surface area contributed by atoms with E-state index in [1.807, 2.05) is 0 Å². The lowest BCUT2D eigenvalue weighted by Crippen LogP contribution is -2.52. The van der Waals surface area contributed by atoms with Gasteiger partial charge in [0.1, 0.15) is 5.54 Å². The van der Waals surface area contributed by atoms with E-state index in [0.29, 0.717) is 12.8 Å². The third kappa shape index (κ3) is 2.33. The van der Waals surface area contributed by atoms with Gasteiger partial charge in [0.2, 0.25) is 0 Å². The van der Waals surface area contributed by atoms with E-state index in [2.05, 4.69) is 21.6 Å². The summed E-state index contributed by atoms with van der Waals surface area (Å²) in [5.41, 5.74) is -0.635. The zero-order chi connectivity index (χ0) is 12.5. The highest BCUT2D eigenvalue weighted by Crippen LogP contribution is 2.31. The SMILES string of the molecule is N#CC1(NC(=O)c2cc(Cl)nnc2Cl)CCC1. The molecule has 88 valence electrons. The normalized spacial score (nSPS) is 16.8. The number of hydrogen-bond donors (Lipinski definition) is 1. The average molecular weight is 271 g/mol. The highest BCUT2D eigenvalue weighted by molar-refractivity contribution is 6.34. The summed E-state index contributed by atoms with van der Waals surface area (Å²) >= 11 is 11.4. The molecule has 1 aliphatic carbocycles. The van der Waals surface area contributed by atoms with E-state index in [-0.39, 0.29) is 15.9 Å². The number of carbonyl (C=O) groups excluding carboxylic acids is 1. The van der Waals surface area contributed by atoms with Gasteiger partial charge in [0.15, 0.2) is 10.3 Å². The van der Waals surface area contributed by atoms with E-state index in [9.17, 15) is 4.79 Å². The Morgan fingerprint density at radius 2 is 2.18 bits per heavy atom. The summed E-state index contributed by atoms with van der Waals surface area (Å²) in [6, 6.07) is 3.43. The van der Waals surface area contributed by atoms with Crippen LogP contribution in [0.2, 0.25) is 10.3 Å². The van der Waals surface area contributed by atoms with E-state index >= 15 is 0 Å². The number of rotatable bonds is 2. The number of hydrogen-bond acceptors (Lipinski definition) is 4. The molecule has 0 atom stereocenters. The molecule has 0 aliphatic heterocycles. The molecule has 5 nitrogen and oxygen atoms in total. The van der Waals surface area contributed by atoms with Crippen LogP contribution in [-0.4, -0.2) is 21.6 Å². The van der Waals surface area contributed by atoms with Crippen LogP contribution in [0.4, 0.5) is 0 Å². The topological polar surface area (TPSA) is 78.7 Å². The molecule has 1 saturated carbocycles. The first-order valence-electron chi connectivity index (χ1n) is 4.99. The van der Waals surface area contributed by atoms with Crippen LogP contribution in [-0.2, 0) is 0 Å². The molecule has 1 heterocycles. The highest BCUT2D eigenvalue weighted by Gasteiger charge is 2.39. The van der Waals surface area contributed by atoms with Gasteiger partial charge in [0, 0.05) is 0 Å². The van der Waals surface area contributed by atoms with Gasteiger partial charge in [-0.1, -0.05) is 23.2 Å². The Balaban J connectivity index is 2.20. The molecule has 17 heavy (non-hydrogen) atoms. The molecule has 1 amide bonds. The molecule has 0 aromatic carbocycles. The summed E-state index contributed by atoms with van der Waals surface area (Å²) in [4.78, 5) is 11.9. The fraction of sp³-hybridized carbons (Fsp3) is 0.400. The van der Waals surface area contributed by atoms with Crippen molar-refractivity contribution in [3.63, 3.8) is 0 Å². The Bertz CT molecular complexity index is 508. The quantitative estimate of drug-likeness (QED) is 0.891. The van der Waals surface area contributed by atoms with Crippen molar-refractivity contribution in [3.05, 3.63) is 21.9 Å². The minimum atomic E-state index is -0.768. The molecule has 1 N–H and O–H groups in total. The van der Waals surface area contributed by atoms with Gasteiger partial charge in [-0.15, -0.1) is 10.2 Å². The van der Waals surface area contributed by atoms with Crippen LogP contribution in [0, 0.1) is 11.3 Å². The van der Waals surface area contributed by atoms with Gasteiger partial charge in [-0.25, -0.2) is 0 Å². The Morgan fingerprint density at radius 1 is 1.47 bits per heavy atom.